The lowest BCUT2D eigenvalue weighted by Gasteiger charge is -2.03. The van der Waals surface area contributed by atoms with Gasteiger partial charge in [0.2, 0.25) is 0 Å². The second-order valence-corrected chi connectivity index (χ2v) is 5.98. The Kier molecular flexibility index (Phi) is 5.09. The Hall–Kier alpha value is -1.46. The first-order chi connectivity index (χ1) is 9.56. The number of carbonyl (C=O) groups is 1. The van der Waals surface area contributed by atoms with E-state index in [9.17, 15) is 4.79 Å². The van der Waals surface area contributed by atoms with E-state index in [-0.39, 0.29) is 5.91 Å². The van der Waals surface area contributed by atoms with Crippen LogP contribution < -0.4 is 5.43 Å². The van der Waals surface area contributed by atoms with Crippen molar-refractivity contribution in [2.24, 2.45) is 5.10 Å². The number of amides is 1. The molecule has 2 aromatic rings. The summed E-state index contributed by atoms with van der Waals surface area (Å²) in [6.45, 7) is 1.85. The molecule has 0 saturated carbocycles. The molecule has 0 fully saturated rings. The molecule has 0 bridgehead atoms. The number of rotatable bonds is 3. The second kappa shape index (κ2) is 6.81. The largest absolute Gasteiger partial charge is 0.271 e. The minimum absolute atomic E-state index is 0.228. The molecule has 102 valence electrons. The third-order valence-electron chi connectivity index (χ3n) is 2.69. The molecule has 0 radical (unpaired) electrons. The molecular formula is C15H12Br2N2O. The lowest BCUT2D eigenvalue weighted by atomic mass is 10.1. The number of halogens is 2. The minimum atomic E-state index is -0.228. The highest BCUT2D eigenvalue weighted by Crippen LogP contribution is 2.12. The number of nitrogens with one attached hydrogen (secondary N) is 1. The predicted molar refractivity (Wildman–Crippen MR) is 88.0 cm³/mol. The zero-order valence-electron chi connectivity index (χ0n) is 10.7. The van der Waals surface area contributed by atoms with Crippen molar-refractivity contribution in [1.29, 1.82) is 0 Å². The van der Waals surface area contributed by atoms with Gasteiger partial charge in [0.1, 0.15) is 0 Å². The summed E-state index contributed by atoms with van der Waals surface area (Å²) in [5, 5.41) is 4.11. The van der Waals surface area contributed by atoms with Gasteiger partial charge in [-0.1, -0.05) is 44.0 Å². The van der Waals surface area contributed by atoms with E-state index in [0.29, 0.717) is 5.56 Å². The average molecular weight is 396 g/mol. The van der Waals surface area contributed by atoms with Gasteiger partial charge in [-0.25, -0.2) is 5.43 Å². The SMILES string of the molecule is C/C(=N\NC(=O)c1ccc(Br)cc1)c1ccc(Br)cc1. The van der Waals surface area contributed by atoms with E-state index in [1.165, 1.54) is 0 Å². The van der Waals surface area contributed by atoms with Crippen molar-refractivity contribution in [3.63, 3.8) is 0 Å². The molecule has 0 unspecified atom stereocenters. The molecule has 0 aliphatic carbocycles. The molecule has 0 atom stereocenters. The Labute approximate surface area is 134 Å². The van der Waals surface area contributed by atoms with Crippen molar-refractivity contribution in [2.75, 3.05) is 0 Å². The van der Waals surface area contributed by atoms with Gasteiger partial charge in [-0.15, -0.1) is 0 Å². The molecule has 3 nitrogen and oxygen atoms in total. The van der Waals surface area contributed by atoms with Crippen LogP contribution in [0.15, 0.2) is 62.6 Å². The highest BCUT2D eigenvalue weighted by molar-refractivity contribution is 9.10. The number of nitrogens with zero attached hydrogens (tertiary/aromatic N) is 1. The van der Waals surface area contributed by atoms with E-state index in [2.05, 4.69) is 42.4 Å². The van der Waals surface area contributed by atoms with Crippen molar-refractivity contribution in [2.45, 2.75) is 6.92 Å². The van der Waals surface area contributed by atoms with Gasteiger partial charge in [0.15, 0.2) is 0 Å². The third-order valence-corrected chi connectivity index (χ3v) is 3.75. The van der Waals surface area contributed by atoms with Gasteiger partial charge in [-0.2, -0.15) is 5.10 Å². The topological polar surface area (TPSA) is 41.5 Å². The van der Waals surface area contributed by atoms with Gasteiger partial charge in [-0.3, -0.25) is 4.79 Å². The van der Waals surface area contributed by atoms with Crippen molar-refractivity contribution < 1.29 is 4.79 Å². The van der Waals surface area contributed by atoms with E-state index >= 15 is 0 Å². The van der Waals surface area contributed by atoms with Crippen LogP contribution in [-0.4, -0.2) is 11.6 Å². The summed E-state index contributed by atoms with van der Waals surface area (Å²) in [4.78, 5) is 11.9. The molecule has 2 aromatic carbocycles. The smallest absolute Gasteiger partial charge is 0.267 e. The number of benzene rings is 2. The van der Waals surface area contributed by atoms with Crippen molar-refractivity contribution in [3.05, 3.63) is 68.6 Å². The van der Waals surface area contributed by atoms with Gasteiger partial charge in [0.05, 0.1) is 5.71 Å². The highest BCUT2D eigenvalue weighted by atomic mass is 79.9. The molecule has 0 saturated heterocycles. The molecular weight excluding hydrogens is 384 g/mol. The van der Waals surface area contributed by atoms with Gasteiger partial charge in [-0.05, 0) is 48.9 Å². The maximum Gasteiger partial charge on any atom is 0.271 e. The Balaban J connectivity index is 2.06. The number of hydrogen-bond acceptors (Lipinski definition) is 2. The minimum Gasteiger partial charge on any atom is -0.267 e. The average Bonchev–Trinajstić information content (AvgIpc) is 2.46. The molecule has 0 aliphatic heterocycles. The quantitative estimate of drug-likeness (QED) is 0.608. The Bertz CT molecular complexity index is 634. The molecule has 0 spiro atoms. The van der Waals surface area contributed by atoms with Crippen molar-refractivity contribution >= 4 is 43.5 Å². The molecule has 1 N–H and O–H groups in total. The maximum absolute atomic E-state index is 11.9. The lowest BCUT2D eigenvalue weighted by Crippen LogP contribution is -2.19. The van der Waals surface area contributed by atoms with Crippen LogP contribution in [0.25, 0.3) is 0 Å². The Morgan fingerprint density at radius 3 is 1.85 bits per heavy atom. The van der Waals surface area contributed by atoms with Crippen LogP contribution >= 0.6 is 31.9 Å². The third kappa shape index (κ3) is 4.02. The van der Waals surface area contributed by atoms with E-state index in [4.69, 9.17) is 0 Å². The molecule has 0 heterocycles. The molecule has 0 aromatic heterocycles. The van der Waals surface area contributed by atoms with Crippen LogP contribution in [0.5, 0.6) is 0 Å². The van der Waals surface area contributed by atoms with E-state index in [0.717, 1.165) is 20.2 Å². The Morgan fingerprint density at radius 1 is 0.900 bits per heavy atom. The first-order valence-electron chi connectivity index (χ1n) is 5.92. The summed E-state index contributed by atoms with van der Waals surface area (Å²) in [7, 11) is 0. The van der Waals surface area contributed by atoms with E-state index in [1.54, 1.807) is 12.1 Å². The molecule has 2 rings (SSSR count). The number of hydrogen-bond donors (Lipinski definition) is 1. The number of hydrazone groups is 1. The first kappa shape index (κ1) is 14.9. The molecule has 20 heavy (non-hydrogen) atoms. The zero-order chi connectivity index (χ0) is 14.5. The van der Waals surface area contributed by atoms with Crippen LogP contribution in [-0.2, 0) is 0 Å². The summed E-state index contributed by atoms with van der Waals surface area (Å²) >= 11 is 6.71. The fourth-order valence-corrected chi connectivity index (χ4v) is 2.08. The summed E-state index contributed by atoms with van der Waals surface area (Å²) in [6.07, 6.45) is 0. The van der Waals surface area contributed by atoms with Crippen LogP contribution in [0.2, 0.25) is 0 Å². The first-order valence-corrected chi connectivity index (χ1v) is 7.51. The summed E-state index contributed by atoms with van der Waals surface area (Å²) in [5.41, 5.74) is 4.84. The van der Waals surface area contributed by atoms with Gasteiger partial charge >= 0.3 is 0 Å². The fourth-order valence-electron chi connectivity index (χ4n) is 1.56. The standard InChI is InChI=1S/C15H12Br2N2O/c1-10(11-2-6-13(16)7-3-11)18-19-15(20)12-4-8-14(17)9-5-12/h2-9H,1H3,(H,19,20)/b18-10+. The second-order valence-electron chi connectivity index (χ2n) is 4.15. The van der Waals surface area contributed by atoms with Crippen LogP contribution in [0.1, 0.15) is 22.8 Å². The summed E-state index contributed by atoms with van der Waals surface area (Å²) < 4.78 is 1.94. The monoisotopic (exact) mass is 394 g/mol. The van der Waals surface area contributed by atoms with E-state index in [1.807, 2.05) is 43.3 Å². The fraction of sp³-hybridized carbons (Fsp3) is 0.0667. The van der Waals surface area contributed by atoms with Crippen LogP contribution in [0.4, 0.5) is 0 Å². The lowest BCUT2D eigenvalue weighted by molar-refractivity contribution is 0.0955. The normalized spacial score (nSPS) is 11.2. The molecule has 0 aliphatic rings. The zero-order valence-corrected chi connectivity index (χ0v) is 13.9. The molecule has 5 heteroatoms. The number of carbonyl (C=O) groups excluding carboxylic acids is 1. The van der Waals surface area contributed by atoms with Crippen molar-refractivity contribution in [1.82, 2.24) is 5.43 Å². The summed E-state index contributed by atoms with van der Waals surface area (Å²) in [6, 6.07) is 14.9. The Morgan fingerprint density at radius 2 is 1.35 bits per heavy atom. The highest BCUT2D eigenvalue weighted by Gasteiger charge is 2.04. The van der Waals surface area contributed by atoms with Gasteiger partial charge in [0.25, 0.3) is 5.91 Å². The molecule has 1 amide bonds. The van der Waals surface area contributed by atoms with Crippen LogP contribution in [0.3, 0.4) is 0 Å². The summed E-state index contributed by atoms with van der Waals surface area (Å²) in [5.74, 6) is -0.228. The van der Waals surface area contributed by atoms with Crippen LogP contribution in [0, 0.1) is 0 Å². The maximum atomic E-state index is 11.9. The van der Waals surface area contributed by atoms with Gasteiger partial charge in [0, 0.05) is 14.5 Å². The van der Waals surface area contributed by atoms with Gasteiger partial charge < -0.3 is 0 Å². The van der Waals surface area contributed by atoms with E-state index < -0.39 is 0 Å². The van der Waals surface area contributed by atoms with Crippen molar-refractivity contribution in [3.8, 4) is 0 Å². The predicted octanol–water partition coefficient (Wildman–Crippen LogP) is 4.37.